The van der Waals surface area contributed by atoms with Crippen molar-refractivity contribution in [3.63, 3.8) is 0 Å². The number of hydrogen-bond acceptors (Lipinski definition) is 10. The van der Waals surface area contributed by atoms with E-state index in [9.17, 15) is 14.4 Å². The van der Waals surface area contributed by atoms with Crippen molar-refractivity contribution in [3.8, 4) is 5.75 Å². The number of amides is 1. The highest BCUT2D eigenvalue weighted by Crippen LogP contribution is 2.68. The minimum absolute atomic E-state index is 0.0278. The fourth-order valence-corrected chi connectivity index (χ4v) is 12.5. The number of methoxy groups -OCH3 is 1. The fourth-order valence-electron chi connectivity index (χ4n) is 12.5. The standard InChI is InChI=1S/C44H64BNO10/c1-40(2)28-21-31(40)43(6)33(23-28)53-42(5,55-43)18-17-36(47)46-35(45-54-34-24-29-22-32(41(29,3)4)44(34,7)56-45)20-27-15-12-16-30(38(27)50-8)39(49)52-25-51-37(48)19-26-13-10-9-11-14-26/h12,15-16,26,28-29,31-35H,9-11,13-14,17-25H2,1-8H3,(H,46,47). The first-order chi connectivity index (χ1) is 26.5. The van der Waals surface area contributed by atoms with Crippen LogP contribution >= 0.6 is 0 Å². The van der Waals surface area contributed by atoms with Crippen LogP contribution in [0.25, 0.3) is 0 Å². The molecule has 7 aliphatic carbocycles. The molecule has 4 bridgehead atoms. The molecule has 9 aliphatic rings. The van der Waals surface area contributed by atoms with Crippen LogP contribution in [-0.4, -0.2) is 74.0 Å². The van der Waals surface area contributed by atoms with Gasteiger partial charge in [-0.25, -0.2) is 4.79 Å². The Labute approximate surface area is 333 Å². The summed E-state index contributed by atoms with van der Waals surface area (Å²) in [4.78, 5) is 39.8. The molecular formula is C44H64BNO10. The van der Waals surface area contributed by atoms with E-state index >= 15 is 0 Å². The van der Waals surface area contributed by atoms with Crippen molar-refractivity contribution in [3.05, 3.63) is 29.3 Å². The Bertz CT molecular complexity index is 1690. The van der Waals surface area contributed by atoms with Gasteiger partial charge in [0.25, 0.3) is 0 Å². The lowest BCUT2D eigenvalue weighted by atomic mass is 9.43. The summed E-state index contributed by atoms with van der Waals surface area (Å²) >= 11 is 0. The van der Waals surface area contributed by atoms with Crippen LogP contribution in [0.2, 0.25) is 0 Å². The second-order valence-electron chi connectivity index (χ2n) is 20.1. The molecule has 2 aliphatic heterocycles. The summed E-state index contributed by atoms with van der Waals surface area (Å²) in [6.07, 6.45) is 10.9. The molecule has 12 heteroatoms. The van der Waals surface area contributed by atoms with E-state index < -0.39 is 37.2 Å². The number of ether oxygens (including phenoxy) is 5. The maximum atomic E-state index is 14.0. The molecule has 9 fully saturated rings. The zero-order valence-corrected chi connectivity index (χ0v) is 34.9. The van der Waals surface area contributed by atoms with E-state index in [0.717, 1.165) is 51.4 Å². The first-order valence-electron chi connectivity index (χ1n) is 21.5. The molecule has 0 aromatic heterocycles. The molecular weight excluding hydrogens is 713 g/mol. The van der Waals surface area contributed by atoms with Crippen molar-refractivity contribution in [1.29, 1.82) is 0 Å². The van der Waals surface area contributed by atoms with Crippen LogP contribution in [0.3, 0.4) is 0 Å². The summed E-state index contributed by atoms with van der Waals surface area (Å²) in [5.41, 5.74) is 0.433. The van der Waals surface area contributed by atoms with Gasteiger partial charge in [-0.15, -0.1) is 0 Å². The number of benzene rings is 1. The van der Waals surface area contributed by atoms with Gasteiger partial charge in [-0.2, -0.15) is 0 Å². The first kappa shape index (κ1) is 40.1. The van der Waals surface area contributed by atoms with Crippen LogP contribution in [0.15, 0.2) is 18.2 Å². The van der Waals surface area contributed by atoms with Crippen LogP contribution in [0.4, 0.5) is 0 Å². The normalized spacial score (nSPS) is 38.0. The predicted molar refractivity (Wildman–Crippen MR) is 208 cm³/mol. The van der Waals surface area contributed by atoms with E-state index in [1.807, 2.05) is 13.0 Å². The molecule has 1 aromatic carbocycles. The van der Waals surface area contributed by atoms with Gasteiger partial charge in [0.1, 0.15) is 11.3 Å². The van der Waals surface area contributed by atoms with E-state index in [1.54, 1.807) is 12.1 Å². The summed E-state index contributed by atoms with van der Waals surface area (Å²) in [5, 5.41) is 3.28. The van der Waals surface area contributed by atoms with Crippen molar-refractivity contribution in [2.45, 2.75) is 167 Å². The summed E-state index contributed by atoms with van der Waals surface area (Å²) in [6.45, 7) is 15.2. The molecule has 0 spiro atoms. The second-order valence-corrected chi connectivity index (χ2v) is 20.1. The maximum absolute atomic E-state index is 14.0. The van der Waals surface area contributed by atoms with Crippen molar-refractivity contribution in [1.82, 2.24) is 5.32 Å². The predicted octanol–water partition coefficient (Wildman–Crippen LogP) is 7.35. The smallest absolute Gasteiger partial charge is 0.482 e. The molecule has 10 atom stereocenters. The molecule has 7 saturated carbocycles. The molecule has 0 radical (unpaired) electrons. The molecule has 2 saturated heterocycles. The van der Waals surface area contributed by atoms with Crippen molar-refractivity contribution < 1.29 is 47.4 Å². The van der Waals surface area contributed by atoms with Crippen molar-refractivity contribution >= 4 is 25.0 Å². The van der Waals surface area contributed by atoms with Gasteiger partial charge < -0.3 is 38.3 Å². The SMILES string of the molecule is COc1c(CC(NC(=O)CCC2(C)OC3CC4CC(C4(C)C)C3(C)O2)B2OC3CC4CC(C4(C)C)C3(C)O2)cccc1C(=O)OCOC(=O)CC1CCCCC1. The molecule has 2 heterocycles. The van der Waals surface area contributed by atoms with Crippen LogP contribution in [0, 0.1) is 40.4 Å². The molecule has 10 unspecified atom stereocenters. The lowest BCUT2D eigenvalue weighted by Crippen LogP contribution is -2.65. The second kappa shape index (κ2) is 14.6. The highest BCUT2D eigenvalue weighted by atomic mass is 16.8. The van der Waals surface area contributed by atoms with E-state index in [2.05, 4.69) is 46.9 Å². The average Bonchev–Trinajstić information content (AvgIpc) is 3.66. The zero-order chi connectivity index (χ0) is 39.8. The summed E-state index contributed by atoms with van der Waals surface area (Å²) in [7, 11) is 0.796. The average molecular weight is 778 g/mol. The number of hydrogen-bond donors (Lipinski definition) is 1. The first-order valence-corrected chi connectivity index (χ1v) is 21.5. The molecule has 308 valence electrons. The minimum Gasteiger partial charge on any atom is -0.496 e. The molecule has 56 heavy (non-hydrogen) atoms. The van der Waals surface area contributed by atoms with Gasteiger partial charge in [0.2, 0.25) is 12.7 Å². The van der Waals surface area contributed by atoms with E-state index in [1.165, 1.54) is 13.5 Å². The Morgan fingerprint density at radius 1 is 0.875 bits per heavy atom. The van der Waals surface area contributed by atoms with Gasteiger partial charge in [0.05, 0.1) is 36.5 Å². The van der Waals surface area contributed by atoms with Crippen LogP contribution < -0.4 is 10.1 Å². The number of nitrogens with one attached hydrogen (secondary N) is 1. The van der Waals surface area contributed by atoms with Crippen molar-refractivity contribution in [2.24, 2.45) is 40.4 Å². The molecule has 11 nitrogen and oxygen atoms in total. The number of para-hydroxylation sites is 1. The Kier molecular flexibility index (Phi) is 10.4. The quantitative estimate of drug-likeness (QED) is 0.123. The summed E-state index contributed by atoms with van der Waals surface area (Å²) in [5.74, 6) is 0.0170. The molecule has 1 amide bonds. The lowest BCUT2D eigenvalue weighted by Gasteiger charge is -2.64. The highest BCUT2D eigenvalue weighted by molar-refractivity contribution is 6.48. The lowest BCUT2D eigenvalue weighted by molar-refractivity contribution is -0.226. The third-order valence-corrected chi connectivity index (χ3v) is 16.1. The Balaban J connectivity index is 0.952. The Hall–Kier alpha value is -2.67. The molecule has 1 aromatic rings. The van der Waals surface area contributed by atoms with Gasteiger partial charge in [0, 0.05) is 19.3 Å². The molecule has 10 rings (SSSR count). The maximum Gasteiger partial charge on any atom is 0.482 e. The highest BCUT2D eigenvalue weighted by Gasteiger charge is 2.70. The van der Waals surface area contributed by atoms with Gasteiger partial charge in [-0.3, -0.25) is 9.59 Å². The van der Waals surface area contributed by atoms with Gasteiger partial charge in [-0.05, 0) is 118 Å². The van der Waals surface area contributed by atoms with Crippen LogP contribution in [0.1, 0.15) is 141 Å². The Morgan fingerprint density at radius 3 is 2.23 bits per heavy atom. The monoisotopic (exact) mass is 777 g/mol. The number of esters is 2. The van der Waals surface area contributed by atoms with E-state index in [-0.39, 0.29) is 58.9 Å². The van der Waals surface area contributed by atoms with Gasteiger partial charge >= 0.3 is 19.1 Å². The third-order valence-electron chi connectivity index (χ3n) is 16.1. The van der Waals surface area contributed by atoms with Gasteiger partial charge in [-0.1, -0.05) is 59.1 Å². The molecule has 1 N–H and O–H groups in total. The Morgan fingerprint density at radius 2 is 1.55 bits per heavy atom. The van der Waals surface area contributed by atoms with Gasteiger partial charge in [0.15, 0.2) is 5.79 Å². The summed E-state index contributed by atoms with van der Waals surface area (Å²) < 4.78 is 43.6. The topological polar surface area (TPSA) is 128 Å². The number of carbonyl (C=O) groups is 3. The fraction of sp³-hybridized carbons (Fsp3) is 0.795. The summed E-state index contributed by atoms with van der Waals surface area (Å²) in [6, 6.07) is 5.26. The van der Waals surface area contributed by atoms with Crippen LogP contribution in [-0.2, 0) is 44.3 Å². The minimum atomic E-state index is -0.864. The largest absolute Gasteiger partial charge is 0.496 e. The number of rotatable bonds is 13. The zero-order valence-electron chi connectivity index (χ0n) is 34.9. The number of carbonyl (C=O) groups excluding carboxylic acids is 3. The third kappa shape index (κ3) is 6.90. The van der Waals surface area contributed by atoms with E-state index in [4.69, 9.17) is 33.0 Å². The van der Waals surface area contributed by atoms with Crippen molar-refractivity contribution in [2.75, 3.05) is 13.9 Å². The van der Waals surface area contributed by atoms with E-state index in [0.29, 0.717) is 53.7 Å². The van der Waals surface area contributed by atoms with Crippen LogP contribution in [0.5, 0.6) is 5.75 Å².